The van der Waals surface area contributed by atoms with Gasteiger partial charge in [0.2, 0.25) is 0 Å². The van der Waals surface area contributed by atoms with Gasteiger partial charge in [0.05, 0.1) is 6.42 Å². The van der Waals surface area contributed by atoms with Gasteiger partial charge in [-0.1, -0.05) is 6.42 Å². The first kappa shape index (κ1) is 6.20. The van der Waals surface area contributed by atoms with Crippen LogP contribution in [0.4, 0.5) is 0 Å². The highest BCUT2D eigenvalue weighted by atomic mass is 16.6. The molecule has 0 N–H and O–H groups in total. The van der Waals surface area contributed by atoms with E-state index in [9.17, 15) is 4.79 Å². The summed E-state index contributed by atoms with van der Waals surface area (Å²) >= 11 is 0. The molecule has 10 heavy (non-hydrogen) atoms. The molecule has 1 heterocycles. The standard InChI is InChI=1S/C8H12O2/c9-7-6-8(10-7)4-2-1-3-5-8/h1-6H2. The van der Waals surface area contributed by atoms with Crippen molar-refractivity contribution in [3.8, 4) is 0 Å². The minimum Gasteiger partial charge on any atom is -0.458 e. The van der Waals surface area contributed by atoms with Gasteiger partial charge < -0.3 is 4.74 Å². The molecule has 0 aromatic carbocycles. The summed E-state index contributed by atoms with van der Waals surface area (Å²) in [6.45, 7) is 0. The molecule has 0 aromatic heterocycles. The normalized spacial score (nSPS) is 29.4. The lowest BCUT2D eigenvalue weighted by molar-refractivity contribution is -0.197. The Hall–Kier alpha value is -0.530. The monoisotopic (exact) mass is 140 g/mol. The van der Waals surface area contributed by atoms with Crippen molar-refractivity contribution in [1.82, 2.24) is 0 Å². The Balaban J connectivity index is 1.96. The zero-order valence-corrected chi connectivity index (χ0v) is 6.06. The second kappa shape index (κ2) is 1.97. The van der Waals surface area contributed by atoms with Gasteiger partial charge in [-0.2, -0.15) is 0 Å². The molecular weight excluding hydrogens is 128 g/mol. The summed E-state index contributed by atoms with van der Waals surface area (Å²) in [4.78, 5) is 10.6. The summed E-state index contributed by atoms with van der Waals surface area (Å²) in [6, 6.07) is 0. The third kappa shape index (κ3) is 0.825. The fraction of sp³-hybridized carbons (Fsp3) is 0.875. The molecule has 1 spiro atoms. The second-order valence-corrected chi connectivity index (χ2v) is 3.39. The van der Waals surface area contributed by atoms with Gasteiger partial charge in [0, 0.05) is 0 Å². The van der Waals surface area contributed by atoms with Crippen molar-refractivity contribution in [3.05, 3.63) is 0 Å². The Labute approximate surface area is 60.6 Å². The molecule has 1 saturated heterocycles. The number of hydrogen-bond donors (Lipinski definition) is 0. The SMILES string of the molecule is O=C1CC2(CCCCC2)O1. The summed E-state index contributed by atoms with van der Waals surface area (Å²) in [7, 11) is 0. The fourth-order valence-electron chi connectivity index (χ4n) is 1.97. The third-order valence-electron chi connectivity index (χ3n) is 2.56. The van der Waals surface area contributed by atoms with Crippen LogP contribution in [0.3, 0.4) is 0 Å². The van der Waals surface area contributed by atoms with Crippen molar-refractivity contribution in [2.75, 3.05) is 0 Å². The number of ether oxygens (including phenoxy) is 1. The predicted molar refractivity (Wildman–Crippen MR) is 36.5 cm³/mol. The molecular formula is C8H12O2. The highest BCUT2D eigenvalue weighted by Crippen LogP contribution is 2.40. The summed E-state index contributed by atoms with van der Waals surface area (Å²) in [5.74, 6) is 0.00176. The molecule has 0 radical (unpaired) electrons. The Bertz CT molecular complexity index is 147. The van der Waals surface area contributed by atoms with Crippen LogP contribution in [0.15, 0.2) is 0 Å². The van der Waals surface area contributed by atoms with Crippen LogP contribution in [-0.2, 0) is 9.53 Å². The molecule has 0 amide bonds. The molecule has 0 bridgehead atoms. The average Bonchev–Trinajstić information content (AvgIpc) is 1.87. The predicted octanol–water partition coefficient (Wildman–Crippen LogP) is 1.64. The van der Waals surface area contributed by atoms with E-state index in [4.69, 9.17) is 4.74 Å². The van der Waals surface area contributed by atoms with Crippen molar-refractivity contribution in [2.45, 2.75) is 44.1 Å². The molecule has 1 saturated carbocycles. The van der Waals surface area contributed by atoms with Gasteiger partial charge in [-0.15, -0.1) is 0 Å². The van der Waals surface area contributed by atoms with E-state index < -0.39 is 0 Å². The third-order valence-corrected chi connectivity index (χ3v) is 2.56. The Kier molecular flexibility index (Phi) is 1.22. The highest BCUT2D eigenvalue weighted by molar-refractivity contribution is 5.76. The molecule has 0 unspecified atom stereocenters. The Morgan fingerprint density at radius 3 is 2.30 bits per heavy atom. The van der Waals surface area contributed by atoms with E-state index in [-0.39, 0.29) is 11.6 Å². The molecule has 1 aliphatic carbocycles. The number of esters is 1. The lowest BCUT2D eigenvalue weighted by Crippen LogP contribution is -2.48. The molecule has 0 atom stereocenters. The minimum absolute atomic E-state index is 0.00176. The van der Waals surface area contributed by atoms with Crippen molar-refractivity contribution in [2.24, 2.45) is 0 Å². The number of hydrogen-bond acceptors (Lipinski definition) is 2. The van der Waals surface area contributed by atoms with Gasteiger partial charge in [-0.25, -0.2) is 0 Å². The van der Waals surface area contributed by atoms with E-state index in [2.05, 4.69) is 0 Å². The van der Waals surface area contributed by atoms with E-state index in [0.29, 0.717) is 6.42 Å². The van der Waals surface area contributed by atoms with E-state index in [1.165, 1.54) is 19.3 Å². The van der Waals surface area contributed by atoms with Gasteiger partial charge >= 0.3 is 5.97 Å². The molecule has 1 aliphatic heterocycles. The molecule has 2 aliphatic rings. The van der Waals surface area contributed by atoms with Gasteiger partial charge in [0.15, 0.2) is 0 Å². The summed E-state index contributed by atoms with van der Waals surface area (Å²) in [5, 5.41) is 0. The summed E-state index contributed by atoms with van der Waals surface area (Å²) < 4.78 is 5.13. The largest absolute Gasteiger partial charge is 0.458 e. The Morgan fingerprint density at radius 1 is 1.20 bits per heavy atom. The van der Waals surface area contributed by atoms with Crippen LogP contribution in [0.1, 0.15) is 38.5 Å². The van der Waals surface area contributed by atoms with Crippen LogP contribution in [0.25, 0.3) is 0 Å². The molecule has 0 aromatic rings. The first-order valence-corrected chi connectivity index (χ1v) is 4.03. The van der Waals surface area contributed by atoms with Crippen LogP contribution in [0.5, 0.6) is 0 Å². The summed E-state index contributed by atoms with van der Waals surface area (Å²) in [5.41, 5.74) is 0.0231. The maximum atomic E-state index is 10.6. The lowest BCUT2D eigenvalue weighted by Gasteiger charge is -2.43. The van der Waals surface area contributed by atoms with Crippen LogP contribution < -0.4 is 0 Å². The molecule has 2 rings (SSSR count). The number of carbonyl (C=O) groups excluding carboxylic acids is 1. The zero-order chi connectivity index (χ0) is 7.03. The van der Waals surface area contributed by atoms with Crippen LogP contribution in [0, 0.1) is 0 Å². The highest BCUT2D eigenvalue weighted by Gasteiger charge is 2.46. The number of rotatable bonds is 0. The minimum atomic E-state index is 0.00176. The second-order valence-electron chi connectivity index (χ2n) is 3.39. The molecule has 2 heteroatoms. The topological polar surface area (TPSA) is 26.3 Å². The quantitative estimate of drug-likeness (QED) is 0.478. The van der Waals surface area contributed by atoms with Gasteiger partial charge in [-0.05, 0) is 25.7 Å². The van der Waals surface area contributed by atoms with Crippen molar-refractivity contribution in [3.63, 3.8) is 0 Å². The van der Waals surface area contributed by atoms with Crippen molar-refractivity contribution in [1.29, 1.82) is 0 Å². The average molecular weight is 140 g/mol. The molecule has 2 fully saturated rings. The fourth-order valence-corrected chi connectivity index (χ4v) is 1.97. The molecule has 56 valence electrons. The zero-order valence-electron chi connectivity index (χ0n) is 6.06. The van der Waals surface area contributed by atoms with Crippen molar-refractivity contribution < 1.29 is 9.53 Å². The van der Waals surface area contributed by atoms with Crippen LogP contribution in [0.2, 0.25) is 0 Å². The van der Waals surface area contributed by atoms with Crippen molar-refractivity contribution >= 4 is 5.97 Å². The van der Waals surface area contributed by atoms with E-state index in [1.807, 2.05) is 0 Å². The van der Waals surface area contributed by atoms with Gasteiger partial charge in [-0.3, -0.25) is 4.79 Å². The van der Waals surface area contributed by atoms with Gasteiger partial charge in [0.25, 0.3) is 0 Å². The number of carbonyl (C=O) groups is 1. The first-order valence-electron chi connectivity index (χ1n) is 4.03. The smallest absolute Gasteiger partial charge is 0.310 e. The van der Waals surface area contributed by atoms with E-state index >= 15 is 0 Å². The lowest BCUT2D eigenvalue weighted by atomic mass is 9.79. The first-order chi connectivity index (χ1) is 4.81. The van der Waals surface area contributed by atoms with E-state index in [1.54, 1.807) is 0 Å². The Morgan fingerprint density at radius 2 is 1.80 bits per heavy atom. The van der Waals surface area contributed by atoms with E-state index in [0.717, 1.165) is 12.8 Å². The maximum absolute atomic E-state index is 10.6. The van der Waals surface area contributed by atoms with Crippen LogP contribution >= 0.6 is 0 Å². The summed E-state index contributed by atoms with van der Waals surface area (Å²) in [6.07, 6.45) is 6.71. The molecule has 2 nitrogen and oxygen atoms in total. The maximum Gasteiger partial charge on any atom is 0.310 e. The van der Waals surface area contributed by atoms with Gasteiger partial charge in [0.1, 0.15) is 5.60 Å². The van der Waals surface area contributed by atoms with Crippen LogP contribution in [-0.4, -0.2) is 11.6 Å².